The third-order valence-electron chi connectivity index (χ3n) is 4.17. The molecule has 1 N–H and O–H groups in total. The number of phenols is 1. The molecule has 1 aromatic carbocycles. The maximum atomic E-state index is 9.40. The van der Waals surface area contributed by atoms with E-state index in [0.29, 0.717) is 5.71 Å². The molecule has 4 rings (SSSR count). The van der Waals surface area contributed by atoms with Crippen molar-refractivity contribution in [3.05, 3.63) is 47.9 Å². The molecule has 0 aliphatic carbocycles. The van der Waals surface area contributed by atoms with Crippen molar-refractivity contribution in [1.29, 1.82) is 0 Å². The third-order valence-corrected chi connectivity index (χ3v) is 4.17. The number of anilines is 1. The van der Waals surface area contributed by atoms with Gasteiger partial charge in [0.05, 0.1) is 5.69 Å². The van der Waals surface area contributed by atoms with Gasteiger partial charge < -0.3 is 14.5 Å². The lowest BCUT2D eigenvalue weighted by molar-refractivity contribution is 0.442. The second-order valence-electron chi connectivity index (χ2n) is 5.62. The number of aromatic nitrogens is 3. The zero-order valence-corrected chi connectivity index (χ0v) is 12.7. The van der Waals surface area contributed by atoms with Crippen LogP contribution in [0.2, 0.25) is 0 Å². The number of aryl methyl sites for hydroxylation is 1. The zero-order valence-electron chi connectivity index (χ0n) is 12.7. The summed E-state index contributed by atoms with van der Waals surface area (Å²) in [5.41, 5.74) is 3.77. The number of benzene rings is 1. The predicted octanol–water partition coefficient (Wildman–Crippen LogP) is 2.93. The number of phenolic OH excluding ortho intramolecular Hbond substituents is 1. The monoisotopic (exact) mass is 308 g/mol. The first kappa shape index (κ1) is 13.8. The van der Waals surface area contributed by atoms with Crippen molar-refractivity contribution in [1.82, 2.24) is 15.1 Å². The Morgan fingerprint density at radius 3 is 2.74 bits per heavy atom. The Labute approximate surface area is 133 Å². The van der Waals surface area contributed by atoms with Gasteiger partial charge in [-0.15, -0.1) is 0 Å². The van der Waals surface area contributed by atoms with E-state index in [1.165, 1.54) is 11.9 Å². The van der Waals surface area contributed by atoms with Crippen LogP contribution in [-0.2, 0) is 0 Å². The highest BCUT2D eigenvalue weighted by Crippen LogP contribution is 2.30. The van der Waals surface area contributed by atoms with Gasteiger partial charge in [-0.2, -0.15) is 4.98 Å². The minimum absolute atomic E-state index is 0.290. The van der Waals surface area contributed by atoms with Gasteiger partial charge in [-0.25, -0.2) is 4.98 Å². The van der Waals surface area contributed by atoms with E-state index in [0.717, 1.165) is 42.0 Å². The van der Waals surface area contributed by atoms with E-state index in [9.17, 15) is 5.11 Å². The molecular formula is C17H16N4O2. The molecule has 6 heteroatoms. The van der Waals surface area contributed by atoms with E-state index in [1.54, 1.807) is 12.1 Å². The van der Waals surface area contributed by atoms with Crippen molar-refractivity contribution >= 4 is 22.5 Å². The van der Waals surface area contributed by atoms with Crippen molar-refractivity contribution in [2.45, 2.75) is 13.3 Å². The fourth-order valence-electron chi connectivity index (χ4n) is 2.94. The Kier molecular flexibility index (Phi) is 3.22. The Balaban J connectivity index is 1.63. The second kappa shape index (κ2) is 5.39. The van der Waals surface area contributed by atoms with E-state index in [2.05, 4.69) is 26.1 Å². The van der Waals surface area contributed by atoms with Crippen LogP contribution in [0.25, 0.3) is 16.7 Å². The van der Waals surface area contributed by atoms with Gasteiger partial charge in [0.2, 0.25) is 0 Å². The zero-order chi connectivity index (χ0) is 15.8. The molecule has 3 aromatic rings. The Morgan fingerprint density at radius 2 is 2.00 bits per heavy atom. The molecule has 0 amide bonds. The summed E-state index contributed by atoms with van der Waals surface area (Å²) < 4.78 is 5.21. The molecular weight excluding hydrogens is 292 g/mol. The lowest BCUT2D eigenvalue weighted by Gasteiger charge is -2.27. The van der Waals surface area contributed by atoms with Crippen LogP contribution >= 0.6 is 0 Å². The summed E-state index contributed by atoms with van der Waals surface area (Å²) in [6, 6.07) is 7.34. The summed E-state index contributed by atoms with van der Waals surface area (Å²) in [6.07, 6.45) is 4.63. The highest BCUT2D eigenvalue weighted by molar-refractivity contribution is 5.88. The summed E-state index contributed by atoms with van der Waals surface area (Å²) in [4.78, 5) is 10.8. The number of hydrogen-bond acceptors (Lipinski definition) is 6. The van der Waals surface area contributed by atoms with Crippen LogP contribution in [0.5, 0.6) is 5.75 Å². The standard InChI is InChI=1S/C17H16N4O2/c1-11-15-16(18-10-19-17(15)23-20-11)21-8-6-13(7-9-21)12-2-4-14(22)5-3-12/h2-6,10,22H,7-9H2,1H3. The summed E-state index contributed by atoms with van der Waals surface area (Å²) in [5, 5.41) is 14.3. The average Bonchev–Trinajstić information content (AvgIpc) is 2.97. The van der Waals surface area contributed by atoms with Crippen LogP contribution in [0.4, 0.5) is 5.82 Å². The Bertz CT molecular complexity index is 883. The summed E-state index contributed by atoms with van der Waals surface area (Å²) in [7, 11) is 0. The number of fused-ring (bicyclic) bond motifs is 1. The van der Waals surface area contributed by atoms with Gasteiger partial charge in [-0.1, -0.05) is 23.4 Å². The lowest BCUT2D eigenvalue weighted by atomic mass is 9.99. The normalized spacial score (nSPS) is 15.0. The van der Waals surface area contributed by atoms with E-state index in [4.69, 9.17) is 4.52 Å². The van der Waals surface area contributed by atoms with Crippen LogP contribution in [-0.4, -0.2) is 33.3 Å². The molecule has 0 unspecified atom stereocenters. The van der Waals surface area contributed by atoms with Gasteiger partial charge in [0.1, 0.15) is 23.3 Å². The topological polar surface area (TPSA) is 75.3 Å². The van der Waals surface area contributed by atoms with Crippen LogP contribution in [0.15, 0.2) is 41.2 Å². The average molecular weight is 308 g/mol. The van der Waals surface area contributed by atoms with E-state index >= 15 is 0 Å². The molecule has 0 atom stereocenters. The van der Waals surface area contributed by atoms with Gasteiger partial charge in [-0.05, 0) is 36.6 Å². The first-order valence-corrected chi connectivity index (χ1v) is 7.53. The van der Waals surface area contributed by atoms with Crippen LogP contribution in [0, 0.1) is 6.92 Å². The first-order valence-electron chi connectivity index (χ1n) is 7.53. The second-order valence-corrected chi connectivity index (χ2v) is 5.62. The predicted molar refractivity (Wildman–Crippen MR) is 87.2 cm³/mol. The molecule has 0 fully saturated rings. The molecule has 6 nitrogen and oxygen atoms in total. The van der Waals surface area contributed by atoms with Gasteiger partial charge >= 0.3 is 0 Å². The molecule has 3 heterocycles. The Morgan fingerprint density at radius 1 is 1.17 bits per heavy atom. The lowest BCUT2D eigenvalue weighted by Crippen LogP contribution is -2.29. The van der Waals surface area contributed by atoms with Gasteiger partial charge in [0.25, 0.3) is 5.71 Å². The Hall–Kier alpha value is -2.89. The molecule has 2 aromatic heterocycles. The largest absolute Gasteiger partial charge is 0.508 e. The molecule has 0 saturated heterocycles. The molecule has 0 saturated carbocycles. The highest BCUT2D eigenvalue weighted by atomic mass is 16.5. The summed E-state index contributed by atoms with van der Waals surface area (Å²) in [5.74, 6) is 1.16. The van der Waals surface area contributed by atoms with Crippen LogP contribution in [0.1, 0.15) is 17.7 Å². The SMILES string of the molecule is Cc1noc2ncnc(N3CC=C(c4ccc(O)cc4)CC3)c12. The van der Waals surface area contributed by atoms with Crippen LogP contribution in [0.3, 0.4) is 0 Å². The first-order chi connectivity index (χ1) is 11.2. The van der Waals surface area contributed by atoms with Crippen molar-refractivity contribution in [2.24, 2.45) is 0 Å². The van der Waals surface area contributed by atoms with Crippen molar-refractivity contribution < 1.29 is 9.63 Å². The van der Waals surface area contributed by atoms with E-state index in [1.807, 2.05) is 19.1 Å². The molecule has 0 spiro atoms. The minimum atomic E-state index is 0.290. The quantitative estimate of drug-likeness (QED) is 0.784. The fraction of sp³-hybridized carbons (Fsp3) is 0.235. The van der Waals surface area contributed by atoms with Crippen molar-refractivity contribution in [3.63, 3.8) is 0 Å². The maximum absolute atomic E-state index is 9.40. The van der Waals surface area contributed by atoms with Crippen LogP contribution < -0.4 is 4.90 Å². The van der Waals surface area contributed by atoms with Gasteiger partial charge in [0.15, 0.2) is 0 Å². The number of rotatable bonds is 2. The van der Waals surface area contributed by atoms with E-state index in [-0.39, 0.29) is 5.75 Å². The van der Waals surface area contributed by atoms with Gasteiger partial charge in [-0.3, -0.25) is 0 Å². The smallest absolute Gasteiger partial charge is 0.263 e. The molecule has 0 radical (unpaired) electrons. The van der Waals surface area contributed by atoms with Crippen molar-refractivity contribution in [2.75, 3.05) is 18.0 Å². The minimum Gasteiger partial charge on any atom is -0.508 e. The number of nitrogens with zero attached hydrogens (tertiary/aromatic N) is 4. The van der Waals surface area contributed by atoms with Gasteiger partial charge in [0, 0.05) is 13.1 Å². The molecule has 1 aliphatic rings. The fourth-order valence-corrected chi connectivity index (χ4v) is 2.94. The molecule has 23 heavy (non-hydrogen) atoms. The van der Waals surface area contributed by atoms with E-state index < -0.39 is 0 Å². The highest BCUT2D eigenvalue weighted by Gasteiger charge is 2.20. The number of hydrogen-bond donors (Lipinski definition) is 1. The molecule has 0 bridgehead atoms. The van der Waals surface area contributed by atoms with Crippen molar-refractivity contribution in [3.8, 4) is 5.75 Å². The molecule has 1 aliphatic heterocycles. The molecule has 116 valence electrons. The number of aromatic hydroxyl groups is 1. The maximum Gasteiger partial charge on any atom is 0.263 e. The summed E-state index contributed by atoms with van der Waals surface area (Å²) >= 11 is 0. The summed E-state index contributed by atoms with van der Waals surface area (Å²) in [6.45, 7) is 3.54. The third kappa shape index (κ3) is 2.42.